The molecule has 0 amide bonds. The molecular formula is C24H23NO4. The molecule has 3 rings (SSSR count). The summed E-state index contributed by atoms with van der Waals surface area (Å²) in [7, 11) is 3.26. The number of rotatable bonds is 7. The first kappa shape index (κ1) is 20.0. The van der Waals surface area contributed by atoms with E-state index in [4.69, 9.17) is 18.9 Å². The molecule has 0 atom stereocenters. The third kappa shape index (κ3) is 5.87. The summed E-state index contributed by atoms with van der Waals surface area (Å²) in [6.45, 7) is 1.88. The van der Waals surface area contributed by atoms with Crippen LogP contribution in [0.4, 0.5) is 5.69 Å². The van der Waals surface area contributed by atoms with E-state index in [0.717, 1.165) is 22.8 Å². The van der Waals surface area contributed by atoms with Gasteiger partial charge in [-0.25, -0.2) is 4.99 Å². The molecule has 0 aliphatic carbocycles. The molecule has 148 valence electrons. The van der Waals surface area contributed by atoms with Crippen LogP contribution in [0.1, 0.15) is 6.92 Å². The Morgan fingerprint density at radius 1 is 0.690 bits per heavy atom. The molecule has 0 aliphatic rings. The maximum atomic E-state index is 6.01. The predicted octanol–water partition coefficient (Wildman–Crippen LogP) is 5.80. The van der Waals surface area contributed by atoms with Gasteiger partial charge in [-0.3, -0.25) is 0 Å². The number of benzene rings is 3. The maximum Gasteiger partial charge on any atom is 0.225 e. The van der Waals surface area contributed by atoms with E-state index in [0.29, 0.717) is 17.4 Å². The van der Waals surface area contributed by atoms with E-state index in [-0.39, 0.29) is 0 Å². The normalized spacial score (nSPS) is 11.7. The highest BCUT2D eigenvalue weighted by atomic mass is 16.5. The van der Waals surface area contributed by atoms with Gasteiger partial charge in [-0.1, -0.05) is 18.2 Å². The molecule has 0 heterocycles. The van der Waals surface area contributed by atoms with Crippen LogP contribution in [0.15, 0.2) is 95.7 Å². The highest BCUT2D eigenvalue weighted by molar-refractivity contribution is 5.96. The van der Waals surface area contributed by atoms with Crippen molar-refractivity contribution in [2.75, 3.05) is 14.2 Å². The summed E-state index contributed by atoms with van der Waals surface area (Å²) < 4.78 is 22.1. The lowest BCUT2D eigenvalue weighted by Gasteiger charge is -2.10. The fourth-order valence-electron chi connectivity index (χ4n) is 2.43. The molecule has 0 saturated heterocycles. The van der Waals surface area contributed by atoms with Crippen molar-refractivity contribution >= 4 is 11.6 Å². The molecule has 0 aliphatic heterocycles. The van der Waals surface area contributed by atoms with Gasteiger partial charge in [0, 0.05) is 5.57 Å². The van der Waals surface area contributed by atoms with Gasteiger partial charge in [-0.05, 0) is 67.6 Å². The average Bonchev–Trinajstić information content (AvgIpc) is 2.78. The molecule has 29 heavy (non-hydrogen) atoms. The van der Waals surface area contributed by atoms with Crippen LogP contribution in [-0.2, 0) is 0 Å². The quantitative estimate of drug-likeness (QED) is 0.291. The molecule has 3 aromatic rings. The van der Waals surface area contributed by atoms with E-state index >= 15 is 0 Å². The van der Waals surface area contributed by atoms with Crippen molar-refractivity contribution in [2.45, 2.75) is 6.92 Å². The van der Waals surface area contributed by atoms with Crippen molar-refractivity contribution in [3.63, 3.8) is 0 Å². The van der Waals surface area contributed by atoms with Crippen LogP contribution < -0.4 is 18.9 Å². The number of para-hydroxylation sites is 1. The third-order valence-corrected chi connectivity index (χ3v) is 4.03. The molecule has 0 radical (unpaired) electrons. The van der Waals surface area contributed by atoms with Gasteiger partial charge in [-0.2, -0.15) is 0 Å². The number of nitrogens with zero attached hydrogens (tertiary/aromatic N) is 1. The first-order valence-corrected chi connectivity index (χ1v) is 9.11. The second-order valence-corrected chi connectivity index (χ2v) is 6.12. The highest BCUT2D eigenvalue weighted by Crippen LogP contribution is 2.21. The zero-order chi connectivity index (χ0) is 20.5. The van der Waals surface area contributed by atoms with Crippen LogP contribution in [0.3, 0.4) is 0 Å². The van der Waals surface area contributed by atoms with E-state index in [9.17, 15) is 0 Å². The number of ether oxygens (including phenoxy) is 4. The standard InChI is InChI=1S/C24H23NO4/c1-18(17-28-22-15-13-21(27-3)14-16-22)24(29-23-7-5-4-6-8-23)25-19-9-11-20(26-2)12-10-19/h4-17H,1-3H3/b18-17+,25-24?. The molecule has 0 spiro atoms. The molecule has 0 bridgehead atoms. The molecular weight excluding hydrogens is 366 g/mol. The van der Waals surface area contributed by atoms with Crippen LogP contribution in [-0.4, -0.2) is 20.1 Å². The van der Waals surface area contributed by atoms with Gasteiger partial charge in [0.1, 0.15) is 23.0 Å². The Balaban J connectivity index is 1.84. The van der Waals surface area contributed by atoms with Gasteiger partial charge >= 0.3 is 0 Å². The van der Waals surface area contributed by atoms with E-state index in [1.807, 2.05) is 85.8 Å². The third-order valence-electron chi connectivity index (χ3n) is 4.03. The van der Waals surface area contributed by atoms with Crippen LogP contribution in [0.25, 0.3) is 0 Å². The summed E-state index contributed by atoms with van der Waals surface area (Å²) in [6, 6.07) is 24.3. The number of hydrogen-bond donors (Lipinski definition) is 0. The zero-order valence-corrected chi connectivity index (χ0v) is 16.7. The average molecular weight is 389 g/mol. The van der Waals surface area contributed by atoms with E-state index in [1.165, 1.54) is 0 Å². The lowest BCUT2D eigenvalue weighted by atomic mass is 10.3. The van der Waals surface area contributed by atoms with Crippen molar-refractivity contribution < 1.29 is 18.9 Å². The summed E-state index contributed by atoms with van der Waals surface area (Å²) in [5.74, 6) is 3.36. The van der Waals surface area contributed by atoms with Gasteiger partial charge in [0.15, 0.2) is 0 Å². The Labute approximate surface area is 170 Å². The minimum absolute atomic E-state index is 0.440. The zero-order valence-electron chi connectivity index (χ0n) is 16.7. The summed E-state index contributed by atoms with van der Waals surface area (Å²) in [5, 5.41) is 0. The van der Waals surface area contributed by atoms with Crippen molar-refractivity contribution in [1.29, 1.82) is 0 Å². The Hall–Kier alpha value is -3.73. The largest absolute Gasteiger partial charge is 0.497 e. The van der Waals surface area contributed by atoms with Gasteiger partial charge in [0.05, 0.1) is 26.2 Å². The molecule has 5 heteroatoms. The Morgan fingerprint density at radius 3 is 1.83 bits per heavy atom. The Kier molecular flexibility index (Phi) is 6.90. The van der Waals surface area contributed by atoms with Crippen LogP contribution >= 0.6 is 0 Å². The van der Waals surface area contributed by atoms with E-state index in [1.54, 1.807) is 20.5 Å². The van der Waals surface area contributed by atoms with Crippen molar-refractivity contribution in [1.82, 2.24) is 0 Å². The Morgan fingerprint density at radius 2 is 1.24 bits per heavy atom. The summed E-state index contributed by atoms with van der Waals surface area (Å²) >= 11 is 0. The molecule has 3 aromatic carbocycles. The van der Waals surface area contributed by atoms with Gasteiger partial charge in [0.2, 0.25) is 5.90 Å². The molecule has 5 nitrogen and oxygen atoms in total. The maximum absolute atomic E-state index is 6.01. The number of aliphatic imine (C=N–C) groups is 1. The number of methoxy groups -OCH3 is 2. The number of hydrogen-bond acceptors (Lipinski definition) is 5. The van der Waals surface area contributed by atoms with Gasteiger partial charge < -0.3 is 18.9 Å². The minimum Gasteiger partial charge on any atom is -0.497 e. The second-order valence-electron chi connectivity index (χ2n) is 6.12. The van der Waals surface area contributed by atoms with Crippen LogP contribution in [0.2, 0.25) is 0 Å². The molecule has 0 saturated carbocycles. The van der Waals surface area contributed by atoms with Crippen molar-refractivity contribution in [3.8, 4) is 23.0 Å². The van der Waals surface area contributed by atoms with Crippen LogP contribution in [0.5, 0.6) is 23.0 Å². The Bertz CT molecular complexity index is 962. The van der Waals surface area contributed by atoms with E-state index < -0.39 is 0 Å². The van der Waals surface area contributed by atoms with Gasteiger partial charge in [0.25, 0.3) is 0 Å². The lowest BCUT2D eigenvalue weighted by molar-refractivity contribution is 0.412. The van der Waals surface area contributed by atoms with Gasteiger partial charge in [-0.15, -0.1) is 0 Å². The molecule has 0 fully saturated rings. The summed E-state index contributed by atoms with van der Waals surface area (Å²) in [4.78, 5) is 4.64. The SMILES string of the molecule is COc1ccc(N=C(Oc2ccccc2)/C(C)=C/Oc2ccc(OC)cc2)cc1. The molecule has 0 N–H and O–H groups in total. The van der Waals surface area contributed by atoms with Crippen molar-refractivity contribution in [3.05, 3.63) is 90.7 Å². The fourth-order valence-corrected chi connectivity index (χ4v) is 2.43. The summed E-state index contributed by atoms with van der Waals surface area (Å²) in [6.07, 6.45) is 1.62. The monoisotopic (exact) mass is 389 g/mol. The fraction of sp³-hybridized carbons (Fsp3) is 0.125. The predicted molar refractivity (Wildman–Crippen MR) is 115 cm³/mol. The lowest BCUT2D eigenvalue weighted by Crippen LogP contribution is -2.10. The molecule has 0 unspecified atom stereocenters. The van der Waals surface area contributed by atoms with Crippen LogP contribution in [0, 0.1) is 0 Å². The first-order valence-electron chi connectivity index (χ1n) is 9.11. The smallest absolute Gasteiger partial charge is 0.225 e. The highest BCUT2D eigenvalue weighted by Gasteiger charge is 2.08. The van der Waals surface area contributed by atoms with E-state index in [2.05, 4.69) is 4.99 Å². The second kappa shape index (κ2) is 9.99. The minimum atomic E-state index is 0.440. The van der Waals surface area contributed by atoms with Crippen molar-refractivity contribution in [2.24, 2.45) is 4.99 Å². The summed E-state index contributed by atoms with van der Waals surface area (Å²) in [5.41, 5.74) is 1.48. The molecule has 0 aromatic heterocycles. The first-order chi connectivity index (χ1) is 14.2. The topological polar surface area (TPSA) is 49.3 Å².